The molecule has 0 aromatic carbocycles. The molecule has 1 aliphatic heterocycles. The number of thiazole rings is 1. The van der Waals surface area contributed by atoms with Gasteiger partial charge in [-0.15, -0.1) is 23.1 Å². The Labute approximate surface area is 226 Å². The van der Waals surface area contributed by atoms with Gasteiger partial charge in [0.2, 0.25) is 5.91 Å². The molecule has 0 saturated heterocycles. The third-order valence-corrected chi connectivity index (χ3v) is 7.24. The number of Topliss-reactive ketones (excluding diaryl/α,β-unsaturated/α-hetero) is 1. The second kappa shape index (κ2) is 12.7. The van der Waals surface area contributed by atoms with Gasteiger partial charge in [-0.2, -0.15) is 0 Å². The summed E-state index contributed by atoms with van der Waals surface area (Å²) < 4.78 is 10.6. The number of hydrogen-bond donors (Lipinski definition) is 2. The lowest BCUT2D eigenvalue weighted by Gasteiger charge is -2.27. The van der Waals surface area contributed by atoms with Crippen LogP contribution in [0.5, 0.6) is 0 Å². The zero-order valence-electron chi connectivity index (χ0n) is 22.4. The minimum absolute atomic E-state index is 0.0267. The van der Waals surface area contributed by atoms with Crippen LogP contribution in [0.3, 0.4) is 0 Å². The van der Waals surface area contributed by atoms with Gasteiger partial charge < -0.3 is 20.1 Å². The van der Waals surface area contributed by atoms with Crippen LogP contribution in [-0.4, -0.2) is 62.8 Å². The number of nitrogens with one attached hydrogen (secondary N) is 2. The fourth-order valence-corrected chi connectivity index (χ4v) is 5.10. The number of hydrogen-bond acceptors (Lipinski definition) is 10. The highest BCUT2D eigenvalue weighted by molar-refractivity contribution is 8.14. The number of carbonyl (C=O) groups is 4. The molecule has 0 fully saturated rings. The summed E-state index contributed by atoms with van der Waals surface area (Å²) in [4.78, 5) is 58.4. The number of rotatable bonds is 11. The topological polar surface area (TPSA) is 136 Å². The summed E-state index contributed by atoms with van der Waals surface area (Å²) in [6.45, 7) is 15.9. The summed E-state index contributed by atoms with van der Waals surface area (Å²) in [6.07, 6.45) is 0.141. The van der Waals surface area contributed by atoms with Crippen LogP contribution >= 0.6 is 23.1 Å². The van der Waals surface area contributed by atoms with E-state index < -0.39 is 41.3 Å². The molecule has 0 saturated carbocycles. The number of aromatic nitrogens is 1. The Morgan fingerprint density at radius 2 is 1.95 bits per heavy atom. The van der Waals surface area contributed by atoms with Crippen molar-refractivity contribution in [1.29, 1.82) is 0 Å². The average Bonchev–Trinajstić information content (AvgIpc) is 3.41. The molecule has 2 N–H and O–H groups in total. The van der Waals surface area contributed by atoms with Crippen LogP contribution in [0, 0.1) is 5.92 Å². The van der Waals surface area contributed by atoms with E-state index >= 15 is 0 Å². The third-order valence-electron chi connectivity index (χ3n) is 5.11. The number of carbonyl (C=O) groups excluding carboxylic acids is 4. The molecule has 0 aliphatic carbocycles. The van der Waals surface area contributed by atoms with Crippen LogP contribution in [-0.2, 0) is 30.4 Å². The molecule has 10 nitrogen and oxygen atoms in total. The molecule has 3 atom stereocenters. The smallest absolute Gasteiger partial charge is 0.408 e. The van der Waals surface area contributed by atoms with Gasteiger partial charge in [0.1, 0.15) is 44.8 Å². The predicted octanol–water partition coefficient (Wildman–Crippen LogP) is 3.64. The van der Waals surface area contributed by atoms with Gasteiger partial charge in [0.15, 0.2) is 0 Å². The van der Waals surface area contributed by atoms with Gasteiger partial charge in [0.25, 0.3) is 0 Å². The normalized spacial score (nSPS) is 19.0. The quantitative estimate of drug-likeness (QED) is 0.314. The number of esters is 1. The molecule has 0 spiro atoms. The van der Waals surface area contributed by atoms with Crippen LogP contribution < -0.4 is 10.6 Å². The van der Waals surface area contributed by atoms with E-state index in [0.717, 1.165) is 0 Å². The first-order valence-electron chi connectivity index (χ1n) is 11.9. The molecule has 2 amide bonds. The zero-order valence-corrected chi connectivity index (χ0v) is 24.0. The first-order valence-corrected chi connectivity index (χ1v) is 13.8. The molecule has 204 valence electrons. The van der Waals surface area contributed by atoms with Crippen LogP contribution in [0.2, 0.25) is 0 Å². The SMILES string of the molecule is C=CC(CC(C)=O)OC(=O)[C@@H](NC(=O)[C@]1(C)CSC(c2csc(CNC(=O)OC(C)(C)C)n2)=N1)C(C)C. The molecule has 1 aromatic rings. The average molecular weight is 553 g/mol. The van der Waals surface area contributed by atoms with Crippen LogP contribution in [0.25, 0.3) is 0 Å². The van der Waals surface area contributed by atoms with E-state index in [1.165, 1.54) is 36.1 Å². The maximum atomic E-state index is 13.2. The van der Waals surface area contributed by atoms with Gasteiger partial charge in [-0.25, -0.2) is 14.6 Å². The summed E-state index contributed by atoms with van der Waals surface area (Å²) in [5, 5.41) is 8.55. The van der Waals surface area contributed by atoms with E-state index in [-0.39, 0.29) is 24.7 Å². The Hall–Kier alpha value is -2.73. The Balaban J connectivity index is 2.05. The molecule has 37 heavy (non-hydrogen) atoms. The van der Waals surface area contributed by atoms with Crippen molar-refractivity contribution < 1.29 is 28.7 Å². The third kappa shape index (κ3) is 9.26. The lowest BCUT2D eigenvalue weighted by molar-refractivity contribution is -0.153. The fourth-order valence-electron chi connectivity index (χ4n) is 3.17. The lowest BCUT2D eigenvalue weighted by atomic mass is 10.0. The highest BCUT2D eigenvalue weighted by atomic mass is 32.2. The number of ether oxygens (including phenoxy) is 2. The van der Waals surface area contributed by atoms with E-state index in [2.05, 4.69) is 27.2 Å². The number of alkyl carbamates (subject to hydrolysis) is 1. The van der Waals surface area contributed by atoms with E-state index in [4.69, 9.17) is 9.47 Å². The molecular formula is C25H36N4O6S2. The molecule has 1 aromatic heterocycles. The van der Waals surface area contributed by atoms with Crippen molar-refractivity contribution in [2.75, 3.05) is 5.75 Å². The van der Waals surface area contributed by atoms with Gasteiger partial charge in [0.05, 0.1) is 6.54 Å². The zero-order chi connectivity index (χ0) is 28.0. The first-order chi connectivity index (χ1) is 17.1. The number of nitrogens with zero attached hydrogens (tertiary/aromatic N) is 2. The van der Waals surface area contributed by atoms with E-state index in [1.807, 2.05) is 5.38 Å². The van der Waals surface area contributed by atoms with Crippen molar-refractivity contribution >= 4 is 51.9 Å². The van der Waals surface area contributed by atoms with E-state index in [0.29, 0.717) is 21.5 Å². The molecule has 1 aliphatic rings. The summed E-state index contributed by atoms with van der Waals surface area (Å²) in [5.74, 6) is -1.05. The van der Waals surface area contributed by atoms with Gasteiger partial charge >= 0.3 is 12.1 Å². The van der Waals surface area contributed by atoms with E-state index in [1.54, 1.807) is 41.5 Å². The molecule has 1 unspecified atom stereocenters. The van der Waals surface area contributed by atoms with Gasteiger partial charge in [-0.1, -0.05) is 26.5 Å². The van der Waals surface area contributed by atoms with Crippen molar-refractivity contribution in [3.8, 4) is 0 Å². The largest absolute Gasteiger partial charge is 0.456 e. The second-order valence-corrected chi connectivity index (χ2v) is 12.2. The summed E-state index contributed by atoms with van der Waals surface area (Å²) in [7, 11) is 0. The van der Waals surface area contributed by atoms with Crippen LogP contribution in [0.1, 0.15) is 65.6 Å². The molecular weight excluding hydrogens is 516 g/mol. The lowest BCUT2D eigenvalue weighted by Crippen LogP contribution is -2.53. The Morgan fingerprint density at radius 3 is 2.51 bits per heavy atom. The standard InChI is InChI=1S/C25H36N4O6S2/c1-9-16(10-15(4)30)34-21(31)19(14(2)3)28-22(32)25(8)13-37-20(29-25)17-12-36-18(27-17)11-26-23(33)35-24(5,6)7/h9,12,14,16,19H,1,10-11,13H2,2-8H3,(H,26,33)(H,28,32)/t16?,19-,25-/m0/s1. The molecule has 2 heterocycles. The van der Waals surface area contributed by atoms with Gasteiger partial charge in [-0.05, 0) is 40.5 Å². The number of ketones is 1. The first kappa shape index (κ1) is 30.5. The van der Waals surface area contributed by atoms with Crippen LogP contribution in [0.15, 0.2) is 23.0 Å². The Bertz CT molecular complexity index is 1060. The molecule has 0 radical (unpaired) electrons. The predicted molar refractivity (Wildman–Crippen MR) is 145 cm³/mol. The van der Waals surface area contributed by atoms with Crippen molar-refractivity contribution in [3.63, 3.8) is 0 Å². The van der Waals surface area contributed by atoms with Crippen molar-refractivity contribution in [1.82, 2.24) is 15.6 Å². The maximum absolute atomic E-state index is 13.2. The van der Waals surface area contributed by atoms with Gasteiger partial charge in [-0.3, -0.25) is 14.6 Å². The van der Waals surface area contributed by atoms with Crippen molar-refractivity contribution in [2.24, 2.45) is 10.9 Å². The van der Waals surface area contributed by atoms with Crippen LogP contribution in [0.4, 0.5) is 4.79 Å². The molecule has 0 bridgehead atoms. The Morgan fingerprint density at radius 1 is 1.27 bits per heavy atom. The Kier molecular flexibility index (Phi) is 10.5. The fraction of sp³-hybridized carbons (Fsp3) is 0.600. The van der Waals surface area contributed by atoms with Crippen molar-refractivity contribution in [2.45, 2.75) is 84.7 Å². The highest BCUT2D eigenvalue weighted by Gasteiger charge is 2.41. The highest BCUT2D eigenvalue weighted by Crippen LogP contribution is 2.32. The number of thioether (sulfide) groups is 1. The second-order valence-electron chi connectivity index (χ2n) is 10.3. The minimum atomic E-state index is -1.11. The van der Waals surface area contributed by atoms with Crippen molar-refractivity contribution in [3.05, 3.63) is 28.7 Å². The summed E-state index contributed by atoms with van der Waals surface area (Å²) >= 11 is 2.76. The summed E-state index contributed by atoms with van der Waals surface area (Å²) in [6, 6.07) is -0.909. The minimum Gasteiger partial charge on any atom is -0.456 e. The number of aliphatic imine (C=N–C) groups is 1. The van der Waals surface area contributed by atoms with Gasteiger partial charge in [0, 0.05) is 17.6 Å². The molecule has 12 heteroatoms. The summed E-state index contributed by atoms with van der Waals surface area (Å²) in [5.41, 5.74) is -1.08. The number of amides is 2. The maximum Gasteiger partial charge on any atom is 0.408 e. The monoisotopic (exact) mass is 552 g/mol. The molecule has 2 rings (SSSR count). The van der Waals surface area contributed by atoms with E-state index in [9.17, 15) is 19.2 Å².